The zero-order chi connectivity index (χ0) is 31.3. The lowest BCUT2D eigenvalue weighted by Crippen LogP contribution is -2.52. The molecule has 0 unspecified atom stereocenters. The summed E-state index contributed by atoms with van der Waals surface area (Å²) in [7, 11) is 1.90. The topological polar surface area (TPSA) is 71.3 Å². The molecule has 0 spiro atoms. The fourth-order valence-electron chi connectivity index (χ4n) is 6.00. The molecule has 1 aliphatic heterocycles. The molecule has 45 heavy (non-hydrogen) atoms. The van der Waals surface area contributed by atoms with Gasteiger partial charge in [0.1, 0.15) is 11.0 Å². The summed E-state index contributed by atoms with van der Waals surface area (Å²) in [6.45, 7) is 5.38. The Labute approximate surface area is 268 Å². The molecule has 228 valence electrons. The Hall–Kier alpha value is -4.82. The summed E-state index contributed by atoms with van der Waals surface area (Å²) in [5, 5.41) is 7.41. The number of aromatic nitrogens is 3. The molecular weight excluding hydrogens is 579 g/mol. The quantitative estimate of drug-likeness (QED) is 0.180. The number of fused-ring (bicyclic) bond motifs is 1. The number of benzene rings is 3. The van der Waals surface area contributed by atoms with E-state index in [0.717, 1.165) is 50.6 Å². The Morgan fingerprint density at radius 1 is 0.956 bits per heavy atom. The van der Waals surface area contributed by atoms with Crippen LogP contribution in [0.2, 0.25) is 0 Å². The maximum Gasteiger partial charge on any atom is 0.247 e. The van der Waals surface area contributed by atoms with Crippen molar-refractivity contribution < 1.29 is 9.59 Å². The highest BCUT2D eigenvalue weighted by molar-refractivity contribution is 7.13. The number of amides is 2. The number of nitrogens with zero attached hydrogens (tertiary/aromatic N) is 5. The summed E-state index contributed by atoms with van der Waals surface area (Å²) in [5.41, 5.74) is 8.16. The lowest BCUT2D eigenvalue weighted by molar-refractivity contribution is -0.144. The molecule has 8 heteroatoms. The van der Waals surface area contributed by atoms with Gasteiger partial charge in [-0.1, -0.05) is 78.9 Å². The summed E-state index contributed by atoms with van der Waals surface area (Å²) in [4.78, 5) is 36.9. The van der Waals surface area contributed by atoms with Crippen molar-refractivity contribution >= 4 is 29.2 Å². The molecule has 0 bridgehead atoms. The third-order valence-electron chi connectivity index (χ3n) is 8.60. The van der Waals surface area contributed by atoms with Crippen molar-refractivity contribution in [3.63, 3.8) is 0 Å². The molecule has 0 saturated carbocycles. The van der Waals surface area contributed by atoms with Crippen molar-refractivity contribution in [2.75, 3.05) is 6.54 Å². The molecule has 2 aromatic heterocycles. The van der Waals surface area contributed by atoms with Gasteiger partial charge in [-0.15, -0.1) is 11.3 Å². The second-order valence-corrected chi connectivity index (χ2v) is 12.4. The predicted octanol–water partition coefficient (Wildman–Crippen LogP) is 6.40. The average molecular weight is 616 g/mol. The molecule has 0 saturated heterocycles. The zero-order valence-electron chi connectivity index (χ0n) is 25.9. The predicted molar refractivity (Wildman–Crippen MR) is 179 cm³/mol. The van der Waals surface area contributed by atoms with E-state index in [9.17, 15) is 9.59 Å². The first-order valence-electron chi connectivity index (χ1n) is 15.2. The van der Waals surface area contributed by atoms with Gasteiger partial charge in [0.2, 0.25) is 11.8 Å². The summed E-state index contributed by atoms with van der Waals surface area (Å²) >= 11 is 1.59. The van der Waals surface area contributed by atoms with Crippen LogP contribution in [0.3, 0.4) is 0 Å². The fourth-order valence-corrected chi connectivity index (χ4v) is 6.65. The van der Waals surface area contributed by atoms with Crippen LogP contribution in [0, 0.1) is 13.8 Å². The molecule has 0 radical (unpaired) electrons. The van der Waals surface area contributed by atoms with Gasteiger partial charge in [-0.3, -0.25) is 14.3 Å². The largest absolute Gasteiger partial charge is 0.336 e. The van der Waals surface area contributed by atoms with Crippen LogP contribution in [0.5, 0.6) is 0 Å². The Kier molecular flexibility index (Phi) is 9.03. The van der Waals surface area contributed by atoms with Crippen LogP contribution in [-0.2, 0) is 42.6 Å². The summed E-state index contributed by atoms with van der Waals surface area (Å²) in [6.07, 6.45) is 6.44. The van der Waals surface area contributed by atoms with Gasteiger partial charge in [-0.05, 0) is 48.6 Å². The molecule has 3 heterocycles. The number of rotatable bonds is 9. The van der Waals surface area contributed by atoms with Gasteiger partial charge in [0, 0.05) is 67.6 Å². The first-order chi connectivity index (χ1) is 21.9. The molecule has 0 aliphatic carbocycles. The van der Waals surface area contributed by atoms with Crippen LogP contribution in [0.4, 0.5) is 0 Å². The van der Waals surface area contributed by atoms with E-state index >= 15 is 0 Å². The Bertz CT molecular complexity index is 1810. The third kappa shape index (κ3) is 6.81. The Balaban J connectivity index is 1.36. The van der Waals surface area contributed by atoms with Crippen LogP contribution in [0.25, 0.3) is 16.6 Å². The summed E-state index contributed by atoms with van der Waals surface area (Å²) in [5.74, 6) is -0.253. The molecule has 0 fully saturated rings. The third-order valence-corrected chi connectivity index (χ3v) is 9.42. The second kappa shape index (κ2) is 13.4. The fraction of sp³-hybridized carbons (Fsp3) is 0.243. The minimum atomic E-state index is -0.690. The first-order valence-corrected chi connectivity index (χ1v) is 16.1. The van der Waals surface area contributed by atoms with Crippen molar-refractivity contribution in [2.45, 2.75) is 45.8 Å². The van der Waals surface area contributed by atoms with Crippen molar-refractivity contribution in [3.8, 4) is 10.6 Å². The van der Waals surface area contributed by atoms with E-state index in [2.05, 4.69) is 22.2 Å². The van der Waals surface area contributed by atoms with E-state index in [4.69, 9.17) is 0 Å². The lowest BCUT2D eigenvalue weighted by Gasteiger charge is -2.37. The highest BCUT2D eigenvalue weighted by Gasteiger charge is 2.34. The van der Waals surface area contributed by atoms with Gasteiger partial charge < -0.3 is 9.80 Å². The van der Waals surface area contributed by atoms with E-state index in [1.807, 2.05) is 109 Å². The van der Waals surface area contributed by atoms with E-state index in [1.54, 1.807) is 28.5 Å². The second-order valence-electron chi connectivity index (χ2n) is 11.5. The molecule has 2 amide bonds. The standard InChI is InChI=1S/C37H37N5O2S/c1-26-33(27(2)40(3)39-26)17-18-35(43)42(24-29-13-15-31(16-14-29)36-38-20-22-45-36)34(23-28-9-5-4-6-10-28)37(44)41-21-19-30-11-7-8-12-32(30)25-41/h4-18,20,22,34H,19,21,23-25H2,1-3H3/t34-/m0/s1. The highest BCUT2D eigenvalue weighted by Crippen LogP contribution is 2.25. The molecule has 6 rings (SSSR count). The van der Waals surface area contributed by atoms with Gasteiger partial charge in [-0.25, -0.2) is 4.98 Å². The number of thiazole rings is 1. The van der Waals surface area contributed by atoms with Crippen molar-refractivity contribution in [1.82, 2.24) is 24.6 Å². The van der Waals surface area contributed by atoms with E-state index in [1.165, 1.54) is 5.56 Å². The molecular formula is C37H37N5O2S. The van der Waals surface area contributed by atoms with Gasteiger partial charge in [0.15, 0.2) is 0 Å². The first kappa shape index (κ1) is 30.2. The Morgan fingerprint density at radius 2 is 1.69 bits per heavy atom. The van der Waals surface area contributed by atoms with Crippen molar-refractivity contribution in [1.29, 1.82) is 0 Å². The minimum absolute atomic E-state index is 0.0387. The molecule has 0 N–H and O–H groups in total. The highest BCUT2D eigenvalue weighted by atomic mass is 32.1. The van der Waals surface area contributed by atoms with E-state index in [-0.39, 0.29) is 11.8 Å². The van der Waals surface area contributed by atoms with Gasteiger partial charge in [-0.2, -0.15) is 5.10 Å². The average Bonchev–Trinajstić information content (AvgIpc) is 3.69. The van der Waals surface area contributed by atoms with E-state index < -0.39 is 6.04 Å². The maximum atomic E-state index is 14.5. The maximum absolute atomic E-state index is 14.5. The van der Waals surface area contributed by atoms with Crippen molar-refractivity contribution in [2.24, 2.45) is 7.05 Å². The summed E-state index contributed by atoms with van der Waals surface area (Å²) < 4.78 is 1.82. The summed E-state index contributed by atoms with van der Waals surface area (Å²) in [6, 6.07) is 25.7. The minimum Gasteiger partial charge on any atom is -0.336 e. The van der Waals surface area contributed by atoms with Crippen LogP contribution in [0.1, 0.15) is 39.2 Å². The van der Waals surface area contributed by atoms with Gasteiger partial charge in [0.25, 0.3) is 0 Å². The number of hydrogen-bond donors (Lipinski definition) is 0. The van der Waals surface area contributed by atoms with E-state index in [0.29, 0.717) is 26.1 Å². The van der Waals surface area contributed by atoms with Crippen LogP contribution in [-0.4, -0.2) is 49.0 Å². The smallest absolute Gasteiger partial charge is 0.247 e. The normalized spacial score (nSPS) is 13.5. The SMILES string of the molecule is Cc1nn(C)c(C)c1C=CC(=O)N(Cc1ccc(-c2nccs2)cc1)[C@@H](Cc1ccccc1)C(=O)N1CCc2ccccc2C1. The van der Waals surface area contributed by atoms with Gasteiger partial charge in [0.05, 0.1) is 5.69 Å². The molecule has 3 aromatic carbocycles. The molecule has 1 atom stereocenters. The molecule has 5 aromatic rings. The van der Waals surface area contributed by atoms with Gasteiger partial charge >= 0.3 is 0 Å². The lowest BCUT2D eigenvalue weighted by atomic mass is 9.97. The van der Waals surface area contributed by atoms with Crippen LogP contribution in [0.15, 0.2) is 96.5 Å². The van der Waals surface area contributed by atoms with Crippen molar-refractivity contribution in [3.05, 3.63) is 136 Å². The number of aryl methyl sites for hydroxylation is 2. The molecule has 7 nitrogen and oxygen atoms in total. The number of hydrogen-bond acceptors (Lipinski definition) is 5. The number of carbonyl (C=O) groups excluding carboxylic acids is 2. The monoisotopic (exact) mass is 615 g/mol. The Morgan fingerprint density at radius 3 is 2.38 bits per heavy atom. The van der Waals surface area contributed by atoms with Crippen LogP contribution >= 0.6 is 11.3 Å². The molecule has 1 aliphatic rings. The zero-order valence-corrected chi connectivity index (χ0v) is 26.7. The number of carbonyl (C=O) groups is 2. The van der Waals surface area contributed by atoms with Crippen LogP contribution < -0.4 is 0 Å².